The number of hydrogen-bond donors (Lipinski definition) is 0. The van der Waals surface area contributed by atoms with Crippen molar-refractivity contribution in [3.63, 3.8) is 0 Å². The first-order chi connectivity index (χ1) is 64.9. The molecule has 0 saturated carbocycles. The van der Waals surface area contributed by atoms with Gasteiger partial charge >= 0.3 is 0 Å². The molecular weight excluding hydrogens is 1610 g/mol. The zero-order chi connectivity index (χ0) is 91.1. The summed E-state index contributed by atoms with van der Waals surface area (Å²) in [5.41, 5.74) is 55.7. The summed E-state index contributed by atoms with van der Waals surface area (Å²) in [6.07, 6.45) is 0. The molecule has 0 bridgehead atoms. The van der Waals surface area contributed by atoms with Gasteiger partial charge in [-0.05, 0) is 315 Å². The van der Waals surface area contributed by atoms with Crippen molar-refractivity contribution in [2.24, 2.45) is 0 Å². The fourth-order valence-corrected chi connectivity index (χ4v) is 23.8. The van der Waals surface area contributed by atoms with Gasteiger partial charge in [-0.2, -0.15) is 0 Å². The average Bonchev–Trinajstić information content (AvgIpc) is 1.55. The molecule has 6 aliphatic carbocycles. The lowest BCUT2D eigenvalue weighted by atomic mass is 9.81. The summed E-state index contributed by atoms with van der Waals surface area (Å²) < 4.78 is 0. The molecule has 0 amide bonds. The summed E-state index contributed by atoms with van der Waals surface area (Å²) in [7, 11) is 0. The Balaban J connectivity index is 0.000000148. The van der Waals surface area contributed by atoms with E-state index in [9.17, 15) is 0 Å². The first kappa shape index (κ1) is 82.0. The van der Waals surface area contributed by atoms with E-state index in [0.717, 1.165) is 17.1 Å². The van der Waals surface area contributed by atoms with Crippen molar-refractivity contribution in [1.29, 1.82) is 0 Å². The van der Waals surface area contributed by atoms with E-state index in [1.54, 1.807) is 0 Å². The molecule has 6 aliphatic rings. The van der Waals surface area contributed by atoms with Crippen molar-refractivity contribution in [3.05, 3.63) is 491 Å². The quantitative estimate of drug-likeness (QED) is 0.114. The van der Waals surface area contributed by atoms with Crippen LogP contribution < -0.4 is 9.80 Å². The van der Waals surface area contributed by atoms with Crippen LogP contribution in [0.25, 0.3) is 145 Å². The van der Waals surface area contributed by atoms with Crippen LogP contribution >= 0.6 is 0 Å². The SMILES string of the molecule is CC1(C)c2cc(-c3ccccc3)ccc2-c2ccc(N(c3ccc4c(c3)C(C)(C)c3cc(-c5ccccc5)ccc3-4)c3ccc4c(c3)C(C)(C)c3cc(-c5ccc(-c6ccccc6)cc5)ccc3-4)cc21.CC1(C)c2ccccc2-c2ccc(N(c3ccc4c(c3)C(C)(C)c3cc(-c5ccccc5)ccc3-4)c3ccc4c(c3)C(C)(C)c3cc(-c5ccc(-c6ccccc6)cc5)ccc3-4)cc21. The van der Waals surface area contributed by atoms with E-state index in [-0.39, 0.29) is 32.5 Å². The summed E-state index contributed by atoms with van der Waals surface area (Å²) in [5, 5.41) is 0. The van der Waals surface area contributed by atoms with E-state index < -0.39 is 0 Å². The van der Waals surface area contributed by atoms with Crippen molar-refractivity contribution < 1.29 is 0 Å². The van der Waals surface area contributed by atoms with Gasteiger partial charge < -0.3 is 9.80 Å². The maximum Gasteiger partial charge on any atom is 0.0465 e. The van der Waals surface area contributed by atoms with Crippen molar-refractivity contribution in [1.82, 2.24) is 0 Å². The van der Waals surface area contributed by atoms with Crippen LogP contribution in [0.3, 0.4) is 0 Å². The lowest BCUT2D eigenvalue weighted by Crippen LogP contribution is -2.19. The van der Waals surface area contributed by atoms with Gasteiger partial charge in [-0.15, -0.1) is 0 Å². The number of anilines is 6. The van der Waals surface area contributed by atoms with E-state index >= 15 is 0 Å². The van der Waals surface area contributed by atoms with Crippen molar-refractivity contribution in [3.8, 4) is 145 Å². The van der Waals surface area contributed by atoms with Crippen molar-refractivity contribution in [2.75, 3.05) is 9.80 Å². The number of benzene rings is 19. The van der Waals surface area contributed by atoms with E-state index in [0.29, 0.717) is 0 Å². The highest BCUT2D eigenvalue weighted by molar-refractivity contribution is 5.96. The third-order valence-corrected chi connectivity index (χ3v) is 31.4. The van der Waals surface area contributed by atoms with Gasteiger partial charge in [-0.1, -0.05) is 405 Å². The Kier molecular flexibility index (Phi) is 18.8. The molecule has 25 rings (SSSR count). The van der Waals surface area contributed by atoms with Crippen LogP contribution in [0.15, 0.2) is 425 Å². The minimum absolute atomic E-state index is 0.118. The van der Waals surface area contributed by atoms with Gasteiger partial charge in [0.25, 0.3) is 0 Å². The van der Waals surface area contributed by atoms with Crippen LogP contribution in [0.5, 0.6) is 0 Å². The smallest absolute Gasteiger partial charge is 0.0465 e. The Morgan fingerprint density at radius 3 is 0.455 bits per heavy atom. The second-order valence-electron chi connectivity index (χ2n) is 41.1. The normalized spacial score (nSPS) is 14.9. The van der Waals surface area contributed by atoms with E-state index in [1.807, 2.05) is 0 Å². The summed E-state index contributed by atoms with van der Waals surface area (Å²) >= 11 is 0. The Hall–Kier alpha value is -15.2. The van der Waals surface area contributed by atoms with Gasteiger partial charge in [0, 0.05) is 66.6 Å². The predicted octanol–water partition coefficient (Wildman–Crippen LogP) is 35.8. The summed E-state index contributed by atoms with van der Waals surface area (Å²) in [6.45, 7) is 28.8. The maximum absolute atomic E-state index is 2.53. The van der Waals surface area contributed by atoms with Crippen LogP contribution in [0.1, 0.15) is 150 Å². The van der Waals surface area contributed by atoms with Crippen molar-refractivity contribution >= 4 is 34.1 Å². The summed E-state index contributed by atoms with van der Waals surface area (Å²) in [4.78, 5) is 5.05. The average molecular weight is 1720 g/mol. The van der Waals surface area contributed by atoms with Gasteiger partial charge in [0.15, 0.2) is 0 Å². The number of fused-ring (bicyclic) bond motifs is 18. The number of nitrogens with zero attached hydrogens (tertiary/aromatic N) is 2. The molecule has 2 nitrogen and oxygen atoms in total. The van der Waals surface area contributed by atoms with Gasteiger partial charge in [-0.25, -0.2) is 0 Å². The third-order valence-electron chi connectivity index (χ3n) is 31.4. The standard InChI is InChI=1S/C69H55N.C63H51N/c1-67(2)61-38-49(45-18-12-8-13-19-45)26-32-55(61)58-35-29-52(41-64(58)67)70(53-30-36-59-56-33-27-50(46-20-14-9-15-21-46)39-62(56)68(3,4)65(59)42-53)54-31-37-60-57-34-28-51(40-63(57)69(5,6)66(60)43-54)48-24-22-47(23-25-48)44-16-10-7-11-17-44;1-61(2)55-20-14-13-19-49(55)52-32-27-46(37-58(52)61)64(47-28-33-53-50-30-25-44(41-17-11-8-12-18-41)35-56(50)62(3,4)59(53)38-47)48-29-34-54-51-31-26-45(36-57(51)63(5,6)60(54)39-48)43-23-21-42(22-24-43)40-15-9-7-10-16-40/h7-43H,1-6H3;7-39H,1-6H3. The van der Waals surface area contributed by atoms with Crippen LogP contribution in [0, 0.1) is 0 Å². The third kappa shape index (κ3) is 13.0. The monoisotopic (exact) mass is 1720 g/mol. The molecule has 0 aliphatic heterocycles. The topological polar surface area (TPSA) is 6.48 Å². The molecule has 0 spiro atoms. The predicted molar refractivity (Wildman–Crippen MR) is 566 cm³/mol. The Labute approximate surface area is 790 Å². The Bertz CT molecular complexity index is 7830. The summed E-state index contributed by atoms with van der Waals surface area (Å²) in [5.74, 6) is 0. The molecular formula is C132H106N2. The van der Waals surface area contributed by atoms with Gasteiger partial charge in [0.2, 0.25) is 0 Å². The van der Waals surface area contributed by atoms with E-state index in [2.05, 4.69) is 518 Å². The molecule has 644 valence electrons. The minimum Gasteiger partial charge on any atom is -0.310 e. The van der Waals surface area contributed by atoms with Crippen molar-refractivity contribution in [2.45, 2.75) is 116 Å². The fraction of sp³-hybridized carbons (Fsp3) is 0.136. The molecule has 0 atom stereocenters. The molecule has 19 aromatic carbocycles. The molecule has 2 heteroatoms. The highest BCUT2D eigenvalue weighted by Gasteiger charge is 2.44. The van der Waals surface area contributed by atoms with Crippen LogP contribution in [0.2, 0.25) is 0 Å². The fourth-order valence-electron chi connectivity index (χ4n) is 23.8. The van der Waals surface area contributed by atoms with E-state index in [1.165, 1.54) is 228 Å². The lowest BCUT2D eigenvalue weighted by Gasteiger charge is -2.31. The second-order valence-corrected chi connectivity index (χ2v) is 41.1. The Morgan fingerprint density at radius 1 is 0.112 bits per heavy atom. The number of rotatable bonds is 13. The van der Waals surface area contributed by atoms with E-state index in [4.69, 9.17) is 0 Å². The molecule has 0 fully saturated rings. The molecule has 0 aromatic heterocycles. The lowest BCUT2D eigenvalue weighted by molar-refractivity contribution is 0.659. The zero-order valence-corrected chi connectivity index (χ0v) is 78.3. The van der Waals surface area contributed by atoms with Gasteiger partial charge in [0.1, 0.15) is 0 Å². The second kappa shape index (κ2) is 30.7. The number of hydrogen-bond acceptors (Lipinski definition) is 2. The zero-order valence-electron chi connectivity index (χ0n) is 78.3. The molecule has 134 heavy (non-hydrogen) atoms. The van der Waals surface area contributed by atoms with Crippen LogP contribution in [-0.4, -0.2) is 0 Å². The molecule has 0 radical (unpaired) electrons. The molecule has 0 heterocycles. The molecule has 0 unspecified atom stereocenters. The van der Waals surface area contributed by atoms with Crippen LogP contribution in [-0.2, 0) is 32.5 Å². The Morgan fingerprint density at radius 2 is 0.246 bits per heavy atom. The van der Waals surface area contributed by atoms with Gasteiger partial charge in [-0.3, -0.25) is 0 Å². The molecule has 0 saturated heterocycles. The molecule has 0 N–H and O–H groups in total. The van der Waals surface area contributed by atoms with Crippen LogP contribution in [0.4, 0.5) is 34.1 Å². The molecule has 19 aromatic rings. The highest BCUT2D eigenvalue weighted by Crippen LogP contribution is 2.61. The first-order valence-corrected chi connectivity index (χ1v) is 47.7. The van der Waals surface area contributed by atoms with Gasteiger partial charge in [0.05, 0.1) is 0 Å². The maximum atomic E-state index is 2.53. The highest BCUT2D eigenvalue weighted by atomic mass is 15.1. The minimum atomic E-state index is -0.220. The first-order valence-electron chi connectivity index (χ1n) is 47.7. The summed E-state index contributed by atoms with van der Waals surface area (Å²) in [6, 6.07) is 159. The largest absolute Gasteiger partial charge is 0.310 e.